The second-order valence-electron chi connectivity index (χ2n) is 7.87. The van der Waals surface area contributed by atoms with Gasteiger partial charge in [0.25, 0.3) is 0 Å². The monoisotopic (exact) mass is 297 g/mol. The Morgan fingerprint density at radius 2 is 1.71 bits per heavy atom. The molecule has 126 valence electrons. The fourth-order valence-corrected chi connectivity index (χ4v) is 3.10. The Kier molecular flexibility index (Phi) is 8.84. The number of likely N-dealkylation sites (tertiary alicyclic amines) is 1. The van der Waals surface area contributed by atoms with E-state index in [2.05, 4.69) is 37.6 Å². The minimum absolute atomic E-state index is 0.307. The van der Waals surface area contributed by atoms with Crippen molar-refractivity contribution in [1.82, 2.24) is 9.80 Å². The molecule has 2 N–H and O–H groups in total. The molecule has 1 heterocycles. The van der Waals surface area contributed by atoms with Crippen LogP contribution in [0.5, 0.6) is 0 Å². The third kappa shape index (κ3) is 8.18. The Hall–Kier alpha value is -0.120. The molecule has 0 aromatic rings. The van der Waals surface area contributed by atoms with Gasteiger partial charge in [0, 0.05) is 5.54 Å². The Morgan fingerprint density at radius 3 is 2.29 bits per heavy atom. The van der Waals surface area contributed by atoms with Crippen LogP contribution >= 0.6 is 0 Å². The van der Waals surface area contributed by atoms with Gasteiger partial charge < -0.3 is 15.5 Å². The first kappa shape index (κ1) is 18.9. The van der Waals surface area contributed by atoms with Crippen molar-refractivity contribution in [3.8, 4) is 0 Å². The lowest BCUT2D eigenvalue weighted by Crippen LogP contribution is -2.39. The molecule has 21 heavy (non-hydrogen) atoms. The zero-order valence-corrected chi connectivity index (χ0v) is 15.0. The summed E-state index contributed by atoms with van der Waals surface area (Å²) in [7, 11) is 2.24. The molecule has 0 amide bonds. The average molecular weight is 298 g/mol. The first-order valence-corrected chi connectivity index (χ1v) is 9.07. The molecule has 0 spiro atoms. The molecule has 1 fully saturated rings. The van der Waals surface area contributed by atoms with E-state index in [0.29, 0.717) is 5.54 Å². The van der Waals surface area contributed by atoms with Crippen molar-refractivity contribution in [2.75, 3.05) is 39.8 Å². The highest BCUT2D eigenvalue weighted by atomic mass is 15.2. The van der Waals surface area contributed by atoms with Gasteiger partial charge in [0.1, 0.15) is 0 Å². The smallest absolute Gasteiger partial charge is 0.0122 e. The van der Waals surface area contributed by atoms with Gasteiger partial charge in [0.2, 0.25) is 0 Å². The molecule has 0 saturated carbocycles. The number of nitrogens with zero attached hydrogens (tertiary/aromatic N) is 2. The van der Waals surface area contributed by atoms with Gasteiger partial charge in [-0.1, -0.05) is 12.8 Å². The molecular weight excluding hydrogens is 258 g/mol. The molecular formula is C18H39N3. The van der Waals surface area contributed by atoms with E-state index in [0.717, 1.165) is 12.5 Å². The Bertz CT molecular complexity index is 252. The van der Waals surface area contributed by atoms with E-state index in [1.165, 1.54) is 71.1 Å². The fourth-order valence-electron chi connectivity index (χ4n) is 3.10. The van der Waals surface area contributed by atoms with Crippen LogP contribution in [-0.2, 0) is 0 Å². The van der Waals surface area contributed by atoms with Crippen molar-refractivity contribution >= 4 is 0 Å². The summed E-state index contributed by atoms with van der Waals surface area (Å²) in [6, 6.07) is 0. The second-order valence-corrected chi connectivity index (χ2v) is 7.87. The molecule has 1 aliphatic heterocycles. The first-order chi connectivity index (χ1) is 9.93. The number of piperidine rings is 1. The van der Waals surface area contributed by atoms with E-state index in [9.17, 15) is 0 Å². The van der Waals surface area contributed by atoms with Crippen molar-refractivity contribution in [2.24, 2.45) is 11.7 Å². The normalized spacial score (nSPS) is 18.6. The van der Waals surface area contributed by atoms with Crippen LogP contribution in [0.3, 0.4) is 0 Å². The maximum atomic E-state index is 5.57. The van der Waals surface area contributed by atoms with Crippen LogP contribution in [0.4, 0.5) is 0 Å². The van der Waals surface area contributed by atoms with Crippen LogP contribution in [0.15, 0.2) is 0 Å². The number of rotatable bonds is 9. The topological polar surface area (TPSA) is 32.5 Å². The Morgan fingerprint density at radius 1 is 1.05 bits per heavy atom. The van der Waals surface area contributed by atoms with Crippen molar-refractivity contribution < 1.29 is 0 Å². The van der Waals surface area contributed by atoms with E-state index >= 15 is 0 Å². The molecule has 3 nitrogen and oxygen atoms in total. The number of unbranched alkanes of at least 4 members (excludes halogenated alkanes) is 2. The minimum atomic E-state index is 0.307. The molecule has 3 heteroatoms. The quantitative estimate of drug-likeness (QED) is 0.663. The van der Waals surface area contributed by atoms with Gasteiger partial charge in [-0.3, -0.25) is 0 Å². The van der Waals surface area contributed by atoms with Crippen LogP contribution < -0.4 is 5.73 Å². The Labute approximate surface area is 133 Å². The van der Waals surface area contributed by atoms with Crippen molar-refractivity contribution in [2.45, 2.75) is 71.3 Å². The summed E-state index contributed by atoms with van der Waals surface area (Å²) < 4.78 is 0. The fraction of sp³-hybridized carbons (Fsp3) is 1.00. The van der Waals surface area contributed by atoms with Crippen molar-refractivity contribution in [1.29, 1.82) is 0 Å². The zero-order valence-electron chi connectivity index (χ0n) is 15.0. The summed E-state index contributed by atoms with van der Waals surface area (Å²) >= 11 is 0. The van der Waals surface area contributed by atoms with E-state index < -0.39 is 0 Å². The third-order valence-electron chi connectivity index (χ3n) is 5.14. The average Bonchev–Trinajstić information content (AvgIpc) is 2.44. The summed E-state index contributed by atoms with van der Waals surface area (Å²) in [6.45, 7) is 12.9. The van der Waals surface area contributed by atoms with E-state index in [-0.39, 0.29) is 0 Å². The van der Waals surface area contributed by atoms with Gasteiger partial charge >= 0.3 is 0 Å². The Balaban J connectivity index is 2.03. The van der Waals surface area contributed by atoms with Crippen LogP contribution in [0.25, 0.3) is 0 Å². The highest BCUT2D eigenvalue weighted by Gasteiger charge is 2.19. The molecule has 1 saturated heterocycles. The molecule has 0 aliphatic carbocycles. The van der Waals surface area contributed by atoms with E-state index in [4.69, 9.17) is 5.73 Å². The maximum absolute atomic E-state index is 5.57. The summed E-state index contributed by atoms with van der Waals surface area (Å²) in [5.74, 6) is 0.972. The van der Waals surface area contributed by atoms with Gasteiger partial charge in [0.05, 0.1) is 0 Å². The summed E-state index contributed by atoms with van der Waals surface area (Å²) in [4.78, 5) is 5.15. The lowest BCUT2D eigenvalue weighted by atomic mass is 9.91. The largest absolute Gasteiger partial charge is 0.330 e. The SMILES string of the molecule is CN(CCCCN1CCC(CCCCN)CC1)C(C)(C)C. The summed E-state index contributed by atoms with van der Waals surface area (Å²) in [6.07, 6.45) is 9.44. The molecule has 1 aliphatic rings. The van der Waals surface area contributed by atoms with Crippen LogP contribution in [0.1, 0.15) is 65.7 Å². The van der Waals surface area contributed by atoms with Crippen LogP contribution in [0.2, 0.25) is 0 Å². The summed E-state index contributed by atoms with van der Waals surface area (Å²) in [5.41, 5.74) is 5.88. The maximum Gasteiger partial charge on any atom is 0.0122 e. The second kappa shape index (κ2) is 9.81. The van der Waals surface area contributed by atoms with Gasteiger partial charge in [-0.25, -0.2) is 0 Å². The number of hydrogen-bond donors (Lipinski definition) is 1. The zero-order chi connectivity index (χ0) is 15.7. The molecule has 1 rings (SSSR count). The molecule has 0 aromatic heterocycles. The van der Waals surface area contributed by atoms with Crippen molar-refractivity contribution in [3.63, 3.8) is 0 Å². The number of hydrogen-bond acceptors (Lipinski definition) is 3. The predicted octanol–water partition coefficient (Wildman–Crippen LogP) is 3.34. The lowest BCUT2D eigenvalue weighted by Gasteiger charge is -2.33. The van der Waals surface area contributed by atoms with Gasteiger partial charge in [-0.2, -0.15) is 0 Å². The van der Waals surface area contributed by atoms with Gasteiger partial charge in [-0.15, -0.1) is 0 Å². The highest BCUT2D eigenvalue weighted by molar-refractivity contribution is 4.74. The van der Waals surface area contributed by atoms with E-state index in [1.54, 1.807) is 0 Å². The van der Waals surface area contributed by atoms with Crippen LogP contribution in [-0.4, -0.2) is 55.1 Å². The molecule has 0 bridgehead atoms. The summed E-state index contributed by atoms with van der Waals surface area (Å²) in [5, 5.41) is 0. The van der Waals surface area contributed by atoms with Crippen LogP contribution in [0, 0.1) is 5.92 Å². The van der Waals surface area contributed by atoms with E-state index in [1.807, 2.05) is 0 Å². The van der Waals surface area contributed by atoms with Gasteiger partial charge in [-0.05, 0) is 98.6 Å². The lowest BCUT2D eigenvalue weighted by molar-refractivity contribution is 0.155. The molecule has 0 radical (unpaired) electrons. The molecule has 0 unspecified atom stereocenters. The standard InChI is InChI=1S/C18H39N3/c1-18(2,3)20(4)13-7-8-14-21-15-10-17(11-16-21)9-5-6-12-19/h17H,5-16,19H2,1-4H3. The molecule has 0 atom stereocenters. The van der Waals surface area contributed by atoms with Gasteiger partial charge in [0.15, 0.2) is 0 Å². The first-order valence-electron chi connectivity index (χ1n) is 9.07. The predicted molar refractivity (Wildman–Crippen MR) is 93.7 cm³/mol. The third-order valence-corrected chi connectivity index (χ3v) is 5.14. The highest BCUT2D eigenvalue weighted by Crippen LogP contribution is 2.22. The molecule has 0 aromatic carbocycles. The van der Waals surface area contributed by atoms with Crippen molar-refractivity contribution in [3.05, 3.63) is 0 Å². The number of nitrogens with two attached hydrogens (primary N) is 1. The minimum Gasteiger partial charge on any atom is -0.330 e.